The molecule has 0 spiro atoms. The molecule has 8 heteroatoms. The zero-order valence-corrected chi connectivity index (χ0v) is 20.9. The van der Waals surface area contributed by atoms with Crippen molar-refractivity contribution in [1.82, 2.24) is 25.3 Å². The first-order valence-electron chi connectivity index (χ1n) is 12.5. The lowest BCUT2D eigenvalue weighted by Crippen LogP contribution is -2.53. The molecule has 3 aromatic rings. The number of rotatable bonds is 8. The molecule has 3 heterocycles. The number of aromatic nitrogens is 2. The number of imide groups is 1. The molecule has 188 valence electrons. The van der Waals surface area contributed by atoms with Gasteiger partial charge in [0.25, 0.3) is 5.91 Å². The predicted molar refractivity (Wildman–Crippen MR) is 137 cm³/mol. The summed E-state index contributed by atoms with van der Waals surface area (Å²) in [6.07, 6.45) is 4.23. The van der Waals surface area contributed by atoms with Gasteiger partial charge in [-0.2, -0.15) is 5.10 Å². The average Bonchev–Trinajstić information content (AvgIpc) is 3.46. The number of hydrogen-bond acceptors (Lipinski definition) is 5. The van der Waals surface area contributed by atoms with Gasteiger partial charge >= 0.3 is 6.03 Å². The Morgan fingerprint density at radius 3 is 2.47 bits per heavy atom. The zero-order valence-electron chi connectivity index (χ0n) is 20.9. The van der Waals surface area contributed by atoms with Crippen molar-refractivity contribution in [1.29, 1.82) is 0 Å². The van der Waals surface area contributed by atoms with E-state index in [-0.39, 0.29) is 17.9 Å². The summed E-state index contributed by atoms with van der Waals surface area (Å²) in [5.41, 5.74) is 3.55. The second kappa shape index (κ2) is 10.1. The maximum atomic E-state index is 13.4. The monoisotopic (exact) mass is 487 g/mol. The Bertz CT molecular complexity index is 1200. The highest BCUT2D eigenvalue weighted by atomic mass is 16.5. The number of methoxy groups -OCH3 is 1. The average molecular weight is 488 g/mol. The number of piperidine rings is 1. The summed E-state index contributed by atoms with van der Waals surface area (Å²) in [5, 5.41) is 10.4. The van der Waals surface area contributed by atoms with Crippen LogP contribution in [-0.4, -0.2) is 64.2 Å². The number of nitrogens with one attached hydrogen (secondary N) is 2. The van der Waals surface area contributed by atoms with Crippen LogP contribution in [0.1, 0.15) is 30.9 Å². The van der Waals surface area contributed by atoms with Gasteiger partial charge in [-0.15, -0.1) is 0 Å². The number of urea groups is 1. The lowest BCUT2D eigenvalue weighted by atomic mass is 9.79. The van der Waals surface area contributed by atoms with Gasteiger partial charge in [-0.05, 0) is 68.5 Å². The molecule has 2 aliphatic heterocycles. The molecule has 2 saturated heterocycles. The van der Waals surface area contributed by atoms with Crippen LogP contribution in [0.3, 0.4) is 0 Å². The Labute approximate surface area is 211 Å². The molecule has 1 aromatic heterocycles. The molecule has 5 rings (SSSR count). The summed E-state index contributed by atoms with van der Waals surface area (Å²) in [7, 11) is 1.63. The first kappa shape index (κ1) is 24.1. The van der Waals surface area contributed by atoms with Gasteiger partial charge in [0.1, 0.15) is 11.3 Å². The predicted octanol–water partition coefficient (Wildman–Crippen LogP) is 3.85. The molecule has 36 heavy (non-hydrogen) atoms. The van der Waals surface area contributed by atoms with E-state index >= 15 is 0 Å². The van der Waals surface area contributed by atoms with Gasteiger partial charge in [0.15, 0.2) is 0 Å². The Hall–Kier alpha value is -3.65. The molecule has 2 fully saturated rings. The Balaban J connectivity index is 1.18. The minimum Gasteiger partial charge on any atom is -0.497 e. The minimum atomic E-state index is -0.853. The summed E-state index contributed by atoms with van der Waals surface area (Å²) < 4.78 is 5.20. The summed E-state index contributed by atoms with van der Waals surface area (Å²) in [6.45, 7) is 4.81. The normalized spacial score (nSPS) is 21.1. The molecule has 0 saturated carbocycles. The highest BCUT2D eigenvalue weighted by molar-refractivity contribution is 6.07. The third-order valence-corrected chi connectivity index (χ3v) is 7.66. The summed E-state index contributed by atoms with van der Waals surface area (Å²) in [5.74, 6) is 0.784. The van der Waals surface area contributed by atoms with Crippen LogP contribution in [0.5, 0.6) is 5.75 Å². The molecule has 0 bridgehead atoms. The van der Waals surface area contributed by atoms with Gasteiger partial charge in [-0.25, -0.2) is 4.79 Å². The van der Waals surface area contributed by atoms with Crippen molar-refractivity contribution >= 4 is 11.9 Å². The van der Waals surface area contributed by atoms with E-state index in [1.165, 1.54) is 10.5 Å². The third kappa shape index (κ3) is 4.73. The van der Waals surface area contributed by atoms with Crippen molar-refractivity contribution in [3.8, 4) is 17.0 Å². The molecule has 0 aliphatic carbocycles. The van der Waals surface area contributed by atoms with Gasteiger partial charge in [0.05, 0.1) is 19.0 Å². The first-order chi connectivity index (χ1) is 17.5. The number of carbonyl (C=O) groups excluding carboxylic acids is 2. The zero-order chi connectivity index (χ0) is 25.1. The van der Waals surface area contributed by atoms with E-state index < -0.39 is 5.54 Å². The van der Waals surface area contributed by atoms with Crippen LogP contribution in [0.4, 0.5) is 4.79 Å². The smallest absolute Gasteiger partial charge is 0.325 e. The van der Waals surface area contributed by atoms with Crippen molar-refractivity contribution in [2.24, 2.45) is 5.92 Å². The lowest BCUT2D eigenvalue weighted by molar-refractivity contribution is -0.133. The summed E-state index contributed by atoms with van der Waals surface area (Å²) >= 11 is 0. The topological polar surface area (TPSA) is 90.6 Å². The van der Waals surface area contributed by atoms with E-state index in [0.29, 0.717) is 13.0 Å². The molecule has 0 radical (unpaired) electrons. The standard InChI is InChI=1S/C28H33N5O3/c1-28(26(34)33(27(35)30-28)17-12-20-8-10-24(36-2)11-9-20)23-13-15-32(16-14-23)19-22-18-29-31-25(22)21-6-4-3-5-7-21/h3-11,18,23H,12-17,19H2,1-2H3,(H,29,31)(H,30,35)/t28-/m1/s1. The second-order valence-corrected chi connectivity index (χ2v) is 9.87. The van der Waals surface area contributed by atoms with Crippen LogP contribution in [0.15, 0.2) is 60.8 Å². The largest absolute Gasteiger partial charge is 0.497 e. The number of nitrogens with zero attached hydrogens (tertiary/aromatic N) is 3. The summed E-state index contributed by atoms with van der Waals surface area (Å²) in [6, 6.07) is 17.7. The fourth-order valence-corrected chi connectivity index (χ4v) is 5.42. The Kier molecular flexibility index (Phi) is 6.78. The van der Waals surface area contributed by atoms with Crippen molar-refractivity contribution in [3.63, 3.8) is 0 Å². The Morgan fingerprint density at radius 2 is 1.78 bits per heavy atom. The SMILES string of the molecule is COc1ccc(CCN2C(=O)N[C@](C)(C3CCN(Cc4cn[nH]c4-c4ccccc4)CC3)C2=O)cc1. The lowest BCUT2D eigenvalue weighted by Gasteiger charge is -2.38. The number of aromatic amines is 1. The molecule has 2 aliphatic rings. The highest BCUT2D eigenvalue weighted by Gasteiger charge is 2.52. The van der Waals surface area contributed by atoms with Gasteiger partial charge < -0.3 is 10.1 Å². The quantitative estimate of drug-likeness (QED) is 0.471. The summed E-state index contributed by atoms with van der Waals surface area (Å²) in [4.78, 5) is 29.9. The number of ether oxygens (including phenoxy) is 1. The molecule has 1 atom stereocenters. The van der Waals surface area contributed by atoms with Gasteiger partial charge in [0, 0.05) is 18.7 Å². The maximum absolute atomic E-state index is 13.4. The molecule has 0 unspecified atom stereocenters. The van der Waals surface area contributed by atoms with Gasteiger partial charge in [-0.1, -0.05) is 42.5 Å². The van der Waals surface area contributed by atoms with Crippen LogP contribution in [0, 0.1) is 5.92 Å². The number of H-pyrrole nitrogens is 1. The molecule has 8 nitrogen and oxygen atoms in total. The van der Waals surface area contributed by atoms with Crippen LogP contribution >= 0.6 is 0 Å². The van der Waals surface area contributed by atoms with Crippen LogP contribution in [-0.2, 0) is 17.8 Å². The van der Waals surface area contributed by atoms with Crippen LogP contribution in [0.2, 0.25) is 0 Å². The molecule has 2 N–H and O–H groups in total. The van der Waals surface area contributed by atoms with E-state index in [1.807, 2.05) is 55.6 Å². The number of benzene rings is 2. The molecule has 3 amide bonds. The number of hydrogen-bond donors (Lipinski definition) is 2. The van der Waals surface area contributed by atoms with E-state index in [0.717, 1.165) is 55.0 Å². The fourth-order valence-electron chi connectivity index (χ4n) is 5.42. The molecular formula is C28H33N5O3. The highest BCUT2D eigenvalue weighted by Crippen LogP contribution is 2.34. The molecular weight excluding hydrogens is 454 g/mol. The second-order valence-electron chi connectivity index (χ2n) is 9.87. The van der Waals surface area contributed by atoms with Crippen molar-refractivity contribution in [2.75, 3.05) is 26.7 Å². The number of carbonyl (C=O) groups is 2. The van der Waals surface area contributed by atoms with E-state index in [1.54, 1.807) is 7.11 Å². The molecule has 2 aromatic carbocycles. The van der Waals surface area contributed by atoms with Crippen molar-refractivity contribution in [3.05, 3.63) is 71.9 Å². The number of amides is 3. The first-order valence-corrected chi connectivity index (χ1v) is 12.5. The van der Waals surface area contributed by atoms with E-state index in [4.69, 9.17) is 4.74 Å². The maximum Gasteiger partial charge on any atom is 0.325 e. The van der Waals surface area contributed by atoms with Gasteiger partial charge in [0.2, 0.25) is 0 Å². The van der Waals surface area contributed by atoms with E-state index in [2.05, 4.69) is 32.5 Å². The van der Waals surface area contributed by atoms with Crippen molar-refractivity contribution in [2.45, 2.75) is 38.3 Å². The fraction of sp³-hybridized carbons (Fsp3) is 0.393. The minimum absolute atomic E-state index is 0.106. The van der Waals surface area contributed by atoms with E-state index in [9.17, 15) is 9.59 Å². The number of likely N-dealkylation sites (tertiary alicyclic amines) is 1. The Morgan fingerprint density at radius 1 is 1.06 bits per heavy atom. The van der Waals surface area contributed by atoms with Gasteiger partial charge in [-0.3, -0.25) is 19.7 Å². The van der Waals surface area contributed by atoms with Crippen LogP contribution < -0.4 is 10.1 Å². The van der Waals surface area contributed by atoms with Crippen molar-refractivity contribution < 1.29 is 14.3 Å². The van der Waals surface area contributed by atoms with Crippen LogP contribution in [0.25, 0.3) is 11.3 Å². The third-order valence-electron chi connectivity index (χ3n) is 7.66.